The lowest BCUT2D eigenvalue weighted by Crippen LogP contribution is -2.42. The molecule has 0 bridgehead atoms. The molecule has 0 aromatic carbocycles. The largest absolute Gasteiger partial charge is 0.354 e. The molecule has 0 saturated carbocycles. The number of aromatic amines is 1. The smallest absolute Gasteiger partial charge is 0.320 e. The molecule has 8 heteroatoms. The lowest BCUT2D eigenvalue weighted by atomic mass is 10.0. The number of piperidine rings is 1. The van der Waals surface area contributed by atoms with Crippen molar-refractivity contribution in [2.24, 2.45) is 0 Å². The maximum Gasteiger partial charge on any atom is 0.320 e. The van der Waals surface area contributed by atoms with E-state index in [0.717, 1.165) is 31.3 Å². The van der Waals surface area contributed by atoms with Crippen molar-refractivity contribution in [3.8, 4) is 11.4 Å². The van der Waals surface area contributed by atoms with Gasteiger partial charge in [0.15, 0.2) is 0 Å². The zero-order valence-corrected chi connectivity index (χ0v) is 14.0. The van der Waals surface area contributed by atoms with Gasteiger partial charge in [0.25, 0.3) is 0 Å². The Kier molecular flexibility index (Phi) is 5.16. The zero-order valence-electron chi connectivity index (χ0n) is 14.0. The van der Waals surface area contributed by atoms with Gasteiger partial charge < -0.3 is 9.88 Å². The van der Waals surface area contributed by atoms with Crippen LogP contribution in [0.5, 0.6) is 0 Å². The van der Waals surface area contributed by atoms with Crippen molar-refractivity contribution >= 4 is 17.6 Å². The van der Waals surface area contributed by atoms with Gasteiger partial charge in [0.05, 0.1) is 17.6 Å². The molecule has 3 heterocycles. The summed E-state index contributed by atoms with van der Waals surface area (Å²) in [6.45, 7) is 3.18. The van der Waals surface area contributed by atoms with E-state index in [9.17, 15) is 8.78 Å². The molecule has 0 amide bonds. The molecule has 1 saturated heterocycles. The topological polar surface area (TPSA) is 83.3 Å². The maximum absolute atomic E-state index is 12.4. The lowest BCUT2D eigenvalue weighted by Gasteiger charge is -2.34. The number of rotatable bonds is 5. The quantitative estimate of drug-likeness (QED) is 0.807. The Balaban J connectivity index is 1.79. The Morgan fingerprint density at radius 3 is 2.96 bits per heavy atom. The first-order valence-electron chi connectivity index (χ1n) is 8.27. The van der Waals surface area contributed by atoms with Crippen LogP contribution in [0, 0.1) is 0 Å². The number of alkyl halides is 2. The van der Waals surface area contributed by atoms with Gasteiger partial charge in [-0.05, 0) is 32.3 Å². The van der Waals surface area contributed by atoms with Crippen LogP contribution in [-0.4, -0.2) is 44.7 Å². The Morgan fingerprint density at radius 2 is 2.20 bits per heavy atom. The molecule has 6 nitrogen and oxygen atoms in total. The van der Waals surface area contributed by atoms with E-state index in [2.05, 4.69) is 31.8 Å². The number of hydrogen-bond acceptors (Lipinski definition) is 4. The molecule has 1 aliphatic heterocycles. The standard InChI is InChI=1S/C17H20F2N6/c1-11-4-2-3-7-25(11)16-8-13(22-10-23-16)14-9-21-15(24-14)6-5-12(20)17(18)19/h5-6,8-11,17,20H,2-4,7H2,1H3,(H,21,24)/p+1/b6-5-,20-12?/t11-/m1/s1. The van der Waals surface area contributed by atoms with E-state index in [1.807, 2.05) is 6.07 Å². The van der Waals surface area contributed by atoms with Crippen LogP contribution in [0.3, 0.4) is 0 Å². The van der Waals surface area contributed by atoms with Gasteiger partial charge in [0.2, 0.25) is 5.71 Å². The van der Waals surface area contributed by atoms with Gasteiger partial charge in [-0.3, -0.25) is 5.41 Å². The van der Waals surface area contributed by atoms with Crippen molar-refractivity contribution < 1.29 is 14.2 Å². The molecule has 3 rings (SSSR count). The van der Waals surface area contributed by atoms with E-state index in [1.165, 1.54) is 18.8 Å². The fourth-order valence-corrected chi connectivity index (χ4v) is 2.89. The minimum absolute atomic E-state index is 0.435. The molecular weight excluding hydrogens is 326 g/mol. The van der Waals surface area contributed by atoms with E-state index in [-0.39, 0.29) is 0 Å². The number of anilines is 1. The van der Waals surface area contributed by atoms with Crippen molar-refractivity contribution in [3.63, 3.8) is 0 Å². The number of nitrogens with two attached hydrogens (primary N) is 1. The predicted octanol–water partition coefficient (Wildman–Crippen LogP) is 1.72. The van der Waals surface area contributed by atoms with Crippen molar-refractivity contribution in [1.29, 1.82) is 0 Å². The van der Waals surface area contributed by atoms with Crippen LogP contribution in [-0.2, 0) is 0 Å². The molecule has 25 heavy (non-hydrogen) atoms. The van der Waals surface area contributed by atoms with Crippen molar-refractivity contribution in [3.05, 3.63) is 30.5 Å². The molecule has 0 unspecified atom stereocenters. The lowest BCUT2D eigenvalue weighted by molar-refractivity contribution is -0.124. The number of H-pyrrole nitrogens is 1. The van der Waals surface area contributed by atoms with E-state index in [4.69, 9.17) is 5.41 Å². The summed E-state index contributed by atoms with van der Waals surface area (Å²) in [4.78, 5) is 18.1. The Labute approximate surface area is 144 Å². The highest BCUT2D eigenvalue weighted by Crippen LogP contribution is 2.25. The third-order valence-corrected chi connectivity index (χ3v) is 4.31. The number of hydrogen-bond donors (Lipinski definition) is 2. The molecule has 2 aromatic rings. The van der Waals surface area contributed by atoms with Crippen molar-refractivity contribution in [2.45, 2.75) is 38.7 Å². The predicted molar refractivity (Wildman–Crippen MR) is 92.2 cm³/mol. The van der Waals surface area contributed by atoms with Crippen LogP contribution in [0.25, 0.3) is 17.5 Å². The number of allylic oxidation sites excluding steroid dienone is 1. The number of halogens is 2. The molecule has 1 aliphatic rings. The Bertz CT molecular complexity index is 770. The van der Waals surface area contributed by atoms with Crippen LogP contribution >= 0.6 is 0 Å². The minimum atomic E-state index is -2.68. The van der Waals surface area contributed by atoms with Gasteiger partial charge in [0.1, 0.15) is 18.0 Å². The average Bonchev–Trinajstić information content (AvgIpc) is 3.09. The molecule has 0 spiro atoms. The number of nitrogens with zero attached hydrogens (tertiary/aromatic N) is 4. The Hall–Kier alpha value is -2.64. The third kappa shape index (κ3) is 4.07. The van der Waals surface area contributed by atoms with Gasteiger partial charge in [-0.2, -0.15) is 8.78 Å². The molecule has 0 aliphatic carbocycles. The number of nitrogens with one attached hydrogen (secondary N) is 1. The second-order valence-corrected chi connectivity index (χ2v) is 6.12. The molecule has 3 N–H and O–H groups in total. The average molecular weight is 347 g/mol. The highest BCUT2D eigenvalue weighted by molar-refractivity contribution is 5.95. The molecule has 1 fully saturated rings. The summed E-state index contributed by atoms with van der Waals surface area (Å²) >= 11 is 0. The van der Waals surface area contributed by atoms with Gasteiger partial charge in [-0.25, -0.2) is 15.0 Å². The van der Waals surface area contributed by atoms with E-state index in [0.29, 0.717) is 23.3 Å². The molecular formula is C17H21F2N6+. The van der Waals surface area contributed by atoms with Crippen LogP contribution < -0.4 is 10.3 Å². The first-order chi connectivity index (χ1) is 12.0. The summed E-state index contributed by atoms with van der Waals surface area (Å²) in [7, 11) is 0. The Morgan fingerprint density at radius 1 is 1.36 bits per heavy atom. The van der Waals surface area contributed by atoms with Gasteiger partial charge in [0, 0.05) is 24.7 Å². The molecule has 132 valence electrons. The first-order valence-corrected chi connectivity index (χ1v) is 8.27. The third-order valence-electron chi connectivity index (χ3n) is 4.31. The van der Waals surface area contributed by atoms with Crippen LogP contribution in [0.15, 0.2) is 24.7 Å². The number of aromatic nitrogens is 4. The first kappa shape index (κ1) is 17.2. The second-order valence-electron chi connectivity index (χ2n) is 6.12. The van der Waals surface area contributed by atoms with E-state index >= 15 is 0 Å². The second kappa shape index (κ2) is 7.50. The van der Waals surface area contributed by atoms with Gasteiger partial charge >= 0.3 is 6.43 Å². The number of imidazole rings is 1. The molecule has 0 radical (unpaired) electrons. The van der Waals surface area contributed by atoms with Gasteiger partial charge in [-0.15, -0.1) is 0 Å². The minimum Gasteiger partial charge on any atom is -0.354 e. The maximum atomic E-state index is 12.4. The summed E-state index contributed by atoms with van der Waals surface area (Å²) in [5.41, 5.74) is 0.908. The van der Waals surface area contributed by atoms with Gasteiger partial charge in [-0.1, -0.05) is 0 Å². The highest BCUT2D eigenvalue weighted by atomic mass is 19.3. The van der Waals surface area contributed by atoms with Crippen molar-refractivity contribution in [2.75, 3.05) is 11.4 Å². The van der Waals surface area contributed by atoms with Crippen LogP contribution in [0.4, 0.5) is 14.6 Å². The zero-order chi connectivity index (χ0) is 17.8. The fraction of sp³-hybridized carbons (Fsp3) is 0.412. The normalized spacial score (nSPS) is 18.2. The summed E-state index contributed by atoms with van der Waals surface area (Å²) in [5, 5.41) is 5.21. The summed E-state index contributed by atoms with van der Waals surface area (Å²) < 4.78 is 24.8. The summed E-state index contributed by atoms with van der Waals surface area (Å²) in [5.74, 6) is 1.32. The molecule has 1 atom stereocenters. The van der Waals surface area contributed by atoms with Crippen molar-refractivity contribution in [1.82, 2.24) is 19.9 Å². The highest BCUT2D eigenvalue weighted by Gasteiger charge is 2.20. The monoisotopic (exact) mass is 347 g/mol. The summed E-state index contributed by atoms with van der Waals surface area (Å²) in [6, 6.07) is 2.37. The summed E-state index contributed by atoms with van der Waals surface area (Å²) in [6.07, 6.45) is 6.58. The fourth-order valence-electron chi connectivity index (χ4n) is 2.89. The van der Waals surface area contributed by atoms with Crippen LogP contribution in [0.1, 0.15) is 32.0 Å². The van der Waals surface area contributed by atoms with E-state index < -0.39 is 12.1 Å². The van der Waals surface area contributed by atoms with Crippen LogP contribution in [0.2, 0.25) is 0 Å². The van der Waals surface area contributed by atoms with E-state index in [1.54, 1.807) is 6.20 Å². The SMILES string of the molecule is C[C@@H]1CCCCN1c1cc(-c2cnc(/C=C\C(=[NH2+])C(F)F)[nH]2)ncn1. The molecule has 2 aromatic heterocycles.